The Balaban J connectivity index is 1.66. The number of nitrogens with zero attached hydrogens (tertiary/aromatic N) is 1. The van der Waals surface area contributed by atoms with Gasteiger partial charge in [0.25, 0.3) is 0 Å². The molecule has 2 N–H and O–H groups in total. The molecule has 0 spiro atoms. The minimum absolute atomic E-state index is 0.0418. The Kier molecular flexibility index (Phi) is 6.66. The molecule has 0 saturated carbocycles. The minimum atomic E-state index is -3.44. The summed E-state index contributed by atoms with van der Waals surface area (Å²) in [5.74, 6) is -0.584. The minimum Gasteiger partial charge on any atom is -0.453 e. The van der Waals surface area contributed by atoms with Crippen LogP contribution in [-0.2, 0) is 14.8 Å². The topological polar surface area (TPSA) is 97.4 Å². The van der Waals surface area contributed by atoms with Crippen molar-refractivity contribution in [1.29, 1.82) is 0 Å². The van der Waals surface area contributed by atoms with Crippen LogP contribution < -0.4 is 14.8 Å². The Morgan fingerprint density at radius 3 is 2.65 bits per heavy atom. The van der Waals surface area contributed by atoms with Gasteiger partial charge in [0.1, 0.15) is 5.75 Å². The van der Waals surface area contributed by atoms with Crippen LogP contribution in [0.1, 0.15) is 11.1 Å². The summed E-state index contributed by atoms with van der Waals surface area (Å²) in [5.41, 5.74) is 1.96. The van der Waals surface area contributed by atoms with Crippen LogP contribution in [0.3, 0.4) is 0 Å². The molecule has 1 amide bonds. The number of carbonyl (C=O) groups excluding carboxylic acids is 1. The molecule has 0 atom stereocenters. The third kappa shape index (κ3) is 6.65. The van der Waals surface area contributed by atoms with E-state index in [4.69, 9.17) is 4.74 Å². The average Bonchev–Trinajstić information content (AvgIpc) is 2.70. The van der Waals surface area contributed by atoms with Gasteiger partial charge in [-0.15, -0.1) is 0 Å². The van der Waals surface area contributed by atoms with E-state index < -0.39 is 21.7 Å². The summed E-state index contributed by atoms with van der Waals surface area (Å²) >= 11 is 0. The Morgan fingerprint density at radius 1 is 1.16 bits per heavy atom. The molecule has 0 radical (unpaired) electrons. The first-order chi connectivity index (χ1) is 14.7. The highest BCUT2D eigenvalue weighted by atomic mass is 32.2. The van der Waals surface area contributed by atoms with Crippen LogP contribution in [0.2, 0.25) is 0 Å². The second-order valence-corrected chi connectivity index (χ2v) is 8.46. The molecule has 0 unspecified atom stereocenters. The van der Waals surface area contributed by atoms with Crippen molar-refractivity contribution in [2.45, 2.75) is 6.92 Å². The van der Waals surface area contributed by atoms with Gasteiger partial charge in [-0.3, -0.25) is 14.5 Å². The molecule has 7 nitrogen and oxygen atoms in total. The molecular weight excluding hydrogens is 421 g/mol. The van der Waals surface area contributed by atoms with Gasteiger partial charge in [-0.2, -0.15) is 0 Å². The zero-order valence-electron chi connectivity index (χ0n) is 16.8. The van der Waals surface area contributed by atoms with E-state index in [0.29, 0.717) is 28.3 Å². The number of rotatable bonds is 7. The molecule has 0 aliphatic carbocycles. The molecule has 0 saturated heterocycles. The van der Waals surface area contributed by atoms with Crippen molar-refractivity contribution in [2.24, 2.45) is 0 Å². The lowest BCUT2D eigenvalue weighted by Crippen LogP contribution is -2.12. The van der Waals surface area contributed by atoms with Gasteiger partial charge in [-0.1, -0.05) is 12.1 Å². The number of ether oxygens (including phenoxy) is 1. The van der Waals surface area contributed by atoms with Crippen molar-refractivity contribution in [1.82, 2.24) is 4.98 Å². The summed E-state index contributed by atoms with van der Waals surface area (Å²) in [6.45, 7) is 1.75. The average molecular weight is 441 g/mol. The van der Waals surface area contributed by atoms with Crippen molar-refractivity contribution >= 4 is 33.4 Å². The number of nitrogens with one attached hydrogen (secondary N) is 2. The molecule has 9 heteroatoms. The van der Waals surface area contributed by atoms with Crippen LogP contribution in [-0.4, -0.2) is 25.6 Å². The third-order valence-electron chi connectivity index (χ3n) is 4.05. The molecule has 0 fully saturated rings. The predicted octanol–water partition coefficient (Wildman–Crippen LogP) is 4.34. The highest BCUT2D eigenvalue weighted by Crippen LogP contribution is 2.25. The largest absolute Gasteiger partial charge is 0.453 e. The number of sulfonamides is 1. The molecular formula is C22H20FN3O4S. The summed E-state index contributed by atoms with van der Waals surface area (Å²) in [7, 11) is -3.44. The van der Waals surface area contributed by atoms with Gasteiger partial charge >= 0.3 is 0 Å². The number of anilines is 2. The smallest absolute Gasteiger partial charge is 0.248 e. The zero-order valence-corrected chi connectivity index (χ0v) is 17.6. The maximum absolute atomic E-state index is 14.3. The van der Waals surface area contributed by atoms with Gasteiger partial charge in [0.05, 0.1) is 18.1 Å². The summed E-state index contributed by atoms with van der Waals surface area (Å²) in [5, 5.41) is 2.64. The summed E-state index contributed by atoms with van der Waals surface area (Å²) in [6, 6.07) is 12.5. The molecule has 0 bridgehead atoms. The van der Waals surface area contributed by atoms with Gasteiger partial charge in [-0.05, 0) is 60.5 Å². The molecule has 3 rings (SSSR count). The Hall–Kier alpha value is -3.72. The number of hydrogen-bond acceptors (Lipinski definition) is 5. The molecule has 1 heterocycles. The summed E-state index contributed by atoms with van der Waals surface area (Å²) in [4.78, 5) is 16.1. The second kappa shape index (κ2) is 9.40. The van der Waals surface area contributed by atoms with Gasteiger partial charge in [0.15, 0.2) is 11.6 Å². The number of benzene rings is 2. The number of aromatic nitrogens is 1. The molecule has 3 aromatic rings. The second-order valence-electron chi connectivity index (χ2n) is 6.71. The summed E-state index contributed by atoms with van der Waals surface area (Å²) in [6.07, 6.45) is 6.81. The van der Waals surface area contributed by atoms with Crippen molar-refractivity contribution in [2.75, 3.05) is 16.3 Å². The van der Waals surface area contributed by atoms with Crippen molar-refractivity contribution in [3.63, 3.8) is 0 Å². The number of pyridine rings is 1. The van der Waals surface area contributed by atoms with E-state index in [1.807, 2.05) is 0 Å². The van der Waals surface area contributed by atoms with Crippen LogP contribution in [0.15, 0.2) is 67.0 Å². The Labute approximate surface area is 179 Å². The van der Waals surface area contributed by atoms with Crippen molar-refractivity contribution in [3.8, 4) is 11.5 Å². The monoisotopic (exact) mass is 441 g/mol. The Bertz CT molecular complexity index is 1230. The number of carbonyl (C=O) groups is 1. The SMILES string of the molecule is Cc1ccc(NC(=O)/C=C/c2ccc(Oc3cccnc3)c(F)c2)cc1NS(C)(=O)=O. The van der Waals surface area contributed by atoms with Gasteiger partial charge in [0, 0.05) is 18.0 Å². The van der Waals surface area contributed by atoms with Crippen molar-refractivity contribution < 1.29 is 22.3 Å². The van der Waals surface area contributed by atoms with Crippen LogP contribution in [0, 0.1) is 12.7 Å². The summed E-state index contributed by atoms with van der Waals surface area (Å²) < 4.78 is 45.0. The van der Waals surface area contributed by atoms with Crippen LogP contribution in [0.5, 0.6) is 11.5 Å². The van der Waals surface area contributed by atoms with Crippen LogP contribution in [0.25, 0.3) is 6.08 Å². The molecule has 160 valence electrons. The first-order valence-electron chi connectivity index (χ1n) is 9.14. The number of halogens is 1. The van der Waals surface area contributed by atoms with Gasteiger partial charge < -0.3 is 10.1 Å². The van der Waals surface area contributed by atoms with Crippen LogP contribution >= 0.6 is 0 Å². The molecule has 0 aliphatic rings. The highest BCUT2D eigenvalue weighted by molar-refractivity contribution is 7.92. The third-order valence-corrected chi connectivity index (χ3v) is 4.64. The van der Waals surface area contributed by atoms with E-state index in [0.717, 1.165) is 6.26 Å². The number of hydrogen-bond donors (Lipinski definition) is 2. The van der Waals surface area contributed by atoms with E-state index >= 15 is 0 Å². The predicted molar refractivity (Wildman–Crippen MR) is 118 cm³/mol. The highest BCUT2D eigenvalue weighted by Gasteiger charge is 2.08. The normalized spacial score (nSPS) is 11.3. The first-order valence-corrected chi connectivity index (χ1v) is 11.0. The lowest BCUT2D eigenvalue weighted by Gasteiger charge is -2.10. The molecule has 0 aliphatic heterocycles. The molecule has 31 heavy (non-hydrogen) atoms. The van der Waals surface area contributed by atoms with E-state index in [9.17, 15) is 17.6 Å². The number of amides is 1. The first kappa shape index (κ1) is 22.0. The fourth-order valence-corrected chi connectivity index (χ4v) is 3.22. The van der Waals surface area contributed by atoms with E-state index in [1.54, 1.807) is 43.5 Å². The van der Waals surface area contributed by atoms with E-state index in [2.05, 4.69) is 15.0 Å². The van der Waals surface area contributed by atoms with Gasteiger partial charge in [-0.25, -0.2) is 12.8 Å². The standard InChI is InChI=1S/C22H20FN3O4S/c1-15-5-8-17(13-20(15)26-31(2,28)29)25-22(27)10-7-16-6-9-21(19(23)12-16)30-18-4-3-11-24-14-18/h3-14,26H,1-2H3,(H,25,27)/b10-7+. The Morgan fingerprint density at radius 2 is 1.97 bits per heavy atom. The fourth-order valence-electron chi connectivity index (χ4n) is 2.60. The molecule has 2 aromatic carbocycles. The molecule has 1 aromatic heterocycles. The van der Waals surface area contributed by atoms with E-state index in [1.165, 1.54) is 36.5 Å². The van der Waals surface area contributed by atoms with E-state index in [-0.39, 0.29) is 5.75 Å². The van der Waals surface area contributed by atoms with Crippen molar-refractivity contribution in [3.05, 3.63) is 83.9 Å². The fraction of sp³-hybridized carbons (Fsp3) is 0.0909. The maximum atomic E-state index is 14.3. The van der Waals surface area contributed by atoms with Gasteiger partial charge in [0.2, 0.25) is 15.9 Å². The quantitative estimate of drug-likeness (QED) is 0.532. The maximum Gasteiger partial charge on any atom is 0.248 e. The lowest BCUT2D eigenvalue weighted by molar-refractivity contribution is -0.111. The lowest BCUT2D eigenvalue weighted by atomic mass is 10.1. The zero-order chi connectivity index (χ0) is 22.4. The van der Waals surface area contributed by atoms with Crippen LogP contribution in [0.4, 0.5) is 15.8 Å². The number of aryl methyl sites for hydroxylation is 1.